The molecule has 1 saturated heterocycles. The summed E-state index contributed by atoms with van der Waals surface area (Å²) in [4.78, 5) is 31.0. The van der Waals surface area contributed by atoms with E-state index >= 15 is 0 Å². The fourth-order valence-electron chi connectivity index (χ4n) is 2.17. The maximum Gasteiger partial charge on any atom is 0.267 e. The van der Waals surface area contributed by atoms with Gasteiger partial charge in [-0.2, -0.15) is 0 Å². The highest BCUT2D eigenvalue weighted by Crippen LogP contribution is 2.21. The van der Waals surface area contributed by atoms with E-state index in [2.05, 4.69) is 45.7 Å². The predicted molar refractivity (Wildman–Crippen MR) is 79.0 cm³/mol. The smallest absolute Gasteiger partial charge is 0.267 e. The van der Waals surface area contributed by atoms with Crippen molar-refractivity contribution in [3.63, 3.8) is 0 Å². The minimum Gasteiger partial charge on any atom is -0.352 e. The lowest BCUT2D eigenvalue weighted by atomic mass is 10.3. The van der Waals surface area contributed by atoms with Gasteiger partial charge in [0.2, 0.25) is 5.95 Å². The Bertz CT molecular complexity index is 638. The lowest BCUT2D eigenvalue weighted by molar-refractivity contribution is 0.632. The summed E-state index contributed by atoms with van der Waals surface area (Å²) in [6.45, 7) is 3.14. The largest absolute Gasteiger partial charge is 0.352 e. The molecule has 8 heteroatoms. The zero-order chi connectivity index (χ0) is 13.9. The Hall–Kier alpha value is -1.96. The van der Waals surface area contributed by atoms with Crippen LogP contribution in [0.2, 0.25) is 0 Å². The summed E-state index contributed by atoms with van der Waals surface area (Å²) in [5.41, 5.74) is -0.163. The van der Waals surface area contributed by atoms with E-state index in [1.807, 2.05) is 0 Å². The zero-order valence-electron chi connectivity index (χ0n) is 10.7. The van der Waals surface area contributed by atoms with Gasteiger partial charge in [0.05, 0.1) is 6.33 Å². The molecule has 0 amide bonds. The molecule has 3 heterocycles. The van der Waals surface area contributed by atoms with Crippen LogP contribution in [-0.4, -0.2) is 46.1 Å². The SMILES string of the molecule is O=c1[nH]cnc(N2CCN(c3ncccn3)CC2)c1Br. The van der Waals surface area contributed by atoms with Crippen LogP contribution < -0.4 is 15.4 Å². The Morgan fingerprint density at radius 1 is 1.05 bits per heavy atom. The lowest BCUT2D eigenvalue weighted by Gasteiger charge is -2.35. The summed E-state index contributed by atoms with van der Waals surface area (Å²) >= 11 is 3.29. The number of H-pyrrole nitrogens is 1. The molecule has 1 N–H and O–H groups in total. The van der Waals surface area contributed by atoms with Gasteiger partial charge < -0.3 is 14.8 Å². The third-order valence-corrected chi connectivity index (χ3v) is 3.91. The molecule has 0 spiro atoms. The molecule has 0 aromatic carbocycles. The van der Waals surface area contributed by atoms with Crippen LogP contribution in [0.3, 0.4) is 0 Å². The van der Waals surface area contributed by atoms with Crippen LogP contribution in [0.5, 0.6) is 0 Å². The molecule has 7 nitrogen and oxygen atoms in total. The molecule has 2 aromatic heterocycles. The zero-order valence-corrected chi connectivity index (χ0v) is 12.2. The second-order valence-electron chi connectivity index (χ2n) is 4.39. The standard InChI is InChI=1S/C12H13BrN6O/c13-9-10(16-8-17-11(9)20)18-4-6-19(7-5-18)12-14-2-1-3-15-12/h1-3,8H,4-7H2,(H,16,17,20). The molecule has 104 valence electrons. The topological polar surface area (TPSA) is 78.0 Å². The van der Waals surface area contributed by atoms with Gasteiger partial charge in [-0.15, -0.1) is 0 Å². The number of halogens is 1. The monoisotopic (exact) mass is 336 g/mol. The average Bonchev–Trinajstić information content (AvgIpc) is 2.51. The number of piperazine rings is 1. The maximum atomic E-state index is 11.6. The number of rotatable bonds is 2. The summed E-state index contributed by atoms with van der Waals surface area (Å²) in [5.74, 6) is 1.42. The van der Waals surface area contributed by atoms with Crippen LogP contribution in [0.15, 0.2) is 34.1 Å². The Kier molecular flexibility index (Phi) is 3.64. The fourth-order valence-corrected chi connectivity index (χ4v) is 2.63. The molecule has 0 bridgehead atoms. The number of hydrogen-bond donors (Lipinski definition) is 1. The predicted octanol–water partition coefficient (Wildman–Crippen LogP) is 0.649. The van der Waals surface area contributed by atoms with Crippen molar-refractivity contribution in [2.45, 2.75) is 0 Å². The normalized spacial score (nSPS) is 15.4. The van der Waals surface area contributed by atoms with E-state index in [1.54, 1.807) is 18.5 Å². The van der Waals surface area contributed by atoms with Gasteiger partial charge in [0.25, 0.3) is 5.56 Å². The van der Waals surface area contributed by atoms with Crippen molar-refractivity contribution in [2.24, 2.45) is 0 Å². The van der Waals surface area contributed by atoms with E-state index in [9.17, 15) is 4.79 Å². The van der Waals surface area contributed by atoms with Crippen molar-refractivity contribution >= 4 is 27.7 Å². The number of aromatic nitrogens is 4. The maximum absolute atomic E-state index is 11.6. The molecule has 3 rings (SSSR count). The van der Waals surface area contributed by atoms with E-state index in [0.717, 1.165) is 32.1 Å². The molecule has 0 atom stereocenters. The van der Waals surface area contributed by atoms with Crippen molar-refractivity contribution in [2.75, 3.05) is 36.0 Å². The number of aromatic amines is 1. The van der Waals surface area contributed by atoms with E-state index in [0.29, 0.717) is 10.3 Å². The molecule has 1 aliphatic heterocycles. The second kappa shape index (κ2) is 5.58. The van der Waals surface area contributed by atoms with Gasteiger partial charge in [-0.3, -0.25) is 4.79 Å². The molecule has 0 unspecified atom stereocenters. The third-order valence-electron chi connectivity index (χ3n) is 3.19. The summed E-state index contributed by atoms with van der Waals surface area (Å²) < 4.78 is 0.476. The first kappa shape index (κ1) is 13.0. The summed E-state index contributed by atoms with van der Waals surface area (Å²) in [5, 5.41) is 0. The van der Waals surface area contributed by atoms with Crippen molar-refractivity contribution in [1.82, 2.24) is 19.9 Å². The van der Waals surface area contributed by atoms with E-state index in [4.69, 9.17) is 0 Å². The lowest BCUT2D eigenvalue weighted by Crippen LogP contribution is -2.47. The molecule has 1 aliphatic rings. The van der Waals surface area contributed by atoms with Gasteiger partial charge in [-0.25, -0.2) is 15.0 Å². The Morgan fingerprint density at radius 3 is 2.40 bits per heavy atom. The Labute approximate surface area is 123 Å². The number of nitrogens with zero attached hydrogens (tertiary/aromatic N) is 5. The van der Waals surface area contributed by atoms with Gasteiger partial charge >= 0.3 is 0 Å². The van der Waals surface area contributed by atoms with Crippen LogP contribution >= 0.6 is 15.9 Å². The van der Waals surface area contributed by atoms with Gasteiger partial charge in [-0.05, 0) is 22.0 Å². The molecular weight excluding hydrogens is 324 g/mol. The number of nitrogens with one attached hydrogen (secondary N) is 1. The quantitative estimate of drug-likeness (QED) is 0.867. The molecule has 1 fully saturated rings. The summed E-state index contributed by atoms with van der Waals surface area (Å²) in [6.07, 6.45) is 4.91. The van der Waals surface area contributed by atoms with Crippen LogP contribution in [0.4, 0.5) is 11.8 Å². The van der Waals surface area contributed by atoms with Gasteiger partial charge in [-0.1, -0.05) is 0 Å². The number of hydrogen-bond acceptors (Lipinski definition) is 6. The molecule has 2 aromatic rings. The average molecular weight is 337 g/mol. The van der Waals surface area contributed by atoms with Gasteiger partial charge in [0.1, 0.15) is 10.3 Å². The molecular formula is C12H13BrN6O. The summed E-state index contributed by atoms with van der Waals surface area (Å²) in [7, 11) is 0. The minimum atomic E-state index is -0.163. The van der Waals surface area contributed by atoms with Crippen molar-refractivity contribution in [3.8, 4) is 0 Å². The Morgan fingerprint density at radius 2 is 1.70 bits per heavy atom. The summed E-state index contributed by atoms with van der Waals surface area (Å²) in [6, 6.07) is 1.80. The van der Waals surface area contributed by atoms with Crippen molar-refractivity contribution < 1.29 is 0 Å². The minimum absolute atomic E-state index is 0.163. The van der Waals surface area contributed by atoms with E-state index in [-0.39, 0.29) is 5.56 Å². The molecule has 0 aliphatic carbocycles. The second-order valence-corrected chi connectivity index (χ2v) is 5.19. The van der Waals surface area contributed by atoms with Gasteiger partial charge in [0, 0.05) is 38.6 Å². The van der Waals surface area contributed by atoms with Gasteiger partial charge in [0.15, 0.2) is 0 Å². The van der Waals surface area contributed by atoms with Crippen molar-refractivity contribution in [1.29, 1.82) is 0 Å². The highest BCUT2D eigenvalue weighted by Gasteiger charge is 2.21. The van der Waals surface area contributed by atoms with E-state index in [1.165, 1.54) is 6.33 Å². The molecule has 0 radical (unpaired) electrons. The fraction of sp³-hybridized carbons (Fsp3) is 0.333. The third kappa shape index (κ3) is 2.51. The van der Waals surface area contributed by atoms with Crippen molar-refractivity contribution in [3.05, 3.63) is 39.6 Å². The molecule has 20 heavy (non-hydrogen) atoms. The first-order chi connectivity index (χ1) is 9.75. The first-order valence-corrected chi connectivity index (χ1v) is 7.05. The van der Waals surface area contributed by atoms with Crippen LogP contribution in [0.1, 0.15) is 0 Å². The molecule has 0 saturated carbocycles. The number of anilines is 2. The highest BCUT2D eigenvalue weighted by atomic mass is 79.9. The highest BCUT2D eigenvalue weighted by molar-refractivity contribution is 9.10. The van der Waals surface area contributed by atoms with Crippen LogP contribution in [-0.2, 0) is 0 Å². The van der Waals surface area contributed by atoms with Crippen LogP contribution in [0.25, 0.3) is 0 Å². The van der Waals surface area contributed by atoms with E-state index < -0.39 is 0 Å². The van der Waals surface area contributed by atoms with Crippen LogP contribution in [0, 0.1) is 0 Å². The Balaban J connectivity index is 1.73. The first-order valence-electron chi connectivity index (χ1n) is 6.26.